The highest BCUT2D eigenvalue weighted by atomic mass is 35.5. The fraction of sp³-hybridized carbons (Fsp3) is 0.364. The molecule has 2 aromatic carbocycles. The highest BCUT2D eigenvalue weighted by Gasteiger charge is 2.28. The van der Waals surface area contributed by atoms with E-state index in [9.17, 15) is 18.0 Å². The number of carbonyl (C=O) groups is 2. The number of benzene rings is 2. The summed E-state index contributed by atoms with van der Waals surface area (Å²) in [6, 6.07) is 13.4. The van der Waals surface area contributed by atoms with Crippen LogP contribution in [0.3, 0.4) is 0 Å². The zero-order valence-corrected chi connectivity index (χ0v) is 18.9. The molecule has 7 nitrogen and oxygen atoms in total. The summed E-state index contributed by atoms with van der Waals surface area (Å²) in [4.78, 5) is 27.0. The van der Waals surface area contributed by atoms with Crippen LogP contribution in [0.5, 0.6) is 0 Å². The molecule has 2 amide bonds. The van der Waals surface area contributed by atoms with Gasteiger partial charge in [-0.1, -0.05) is 35.4 Å². The van der Waals surface area contributed by atoms with Crippen LogP contribution >= 0.6 is 11.6 Å². The highest BCUT2D eigenvalue weighted by Crippen LogP contribution is 2.19. The Balaban J connectivity index is 1.48. The van der Waals surface area contributed by atoms with Crippen molar-refractivity contribution < 1.29 is 18.0 Å². The van der Waals surface area contributed by atoms with Crippen LogP contribution in [-0.2, 0) is 14.8 Å². The first-order chi connectivity index (χ1) is 14.8. The first kappa shape index (κ1) is 23.2. The van der Waals surface area contributed by atoms with E-state index in [1.165, 1.54) is 12.1 Å². The molecule has 0 radical (unpaired) electrons. The number of nitrogens with zero attached hydrogens (tertiary/aromatic N) is 1. The van der Waals surface area contributed by atoms with Gasteiger partial charge in [0.2, 0.25) is 15.9 Å². The summed E-state index contributed by atoms with van der Waals surface area (Å²) in [5.74, 6) is -0.567. The number of sulfonamides is 1. The zero-order valence-electron chi connectivity index (χ0n) is 17.3. The smallest absolute Gasteiger partial charge is 0.253 e. The van der Waals surface area contributed by atoms with Gasteiger partial charge in [-0.05, 0) is 50.1 Å². The van der Waals surface area contributed by atoms with Crippen LogP contribution < -0.4 is 10.0 Å². The molecule has 1 saturated heterocycles. The number of piperidine rings is 1. The van der Waals surface area contributed by atoms with Gasteiger partial charge in [-0.15, -0.1) is 0 Å². The normalized spacial score (nSPS) is 16.7. The molecular formula is C22H26ClN3O4S. The largest absolute Gasteiger partial charge is 0.354 e. The van der Waals surface area contributed by atoms with Crippen LogP contribution in [0.4, 0.5) is 0 Å². The quantitative estimate of drug-likeness (QED) is 0.617. The minimum atomic E-state index is -3.70. The van der Waals surface area contributed by atoms with Crippen molar-refractivity contribution in [3.05, 3.63) is 64.7 Å². The summed E-state index contributed by atoms with van der Waals surface area (Å²) in [6.45, 7) is 3.15. The van der Waals surface area contributed by atoms with Crippen molar-refractivity contribution in [1.29, 1.82) is 0 Å². The Morgan fingerprint density at radius 3 is 2.58 bits per heavy atom. The molecule has 2 N–H and O–H groups in total. The lowest BCUT2D eigenvalue weighted by Crippen LogP contribution is -2.46. The molecule has 0 saturated carbocycles. The molecule has 3 rings (SSSR count). The van der Waals surface area contributed by atoms with Gasteiger partial charge in [0.05, 0.1) is 10.8 Å². The SMILES string of the molecule is Cc1ccc(C(=O)N2CCCC(C(=O)NCCNS(=O)(=O)c3cccc(Cl)c3)C2)cc1. The second-order valence-electron chi connectivity index (χ2n) is 7.60. The van der Waals surface area contributed by atoms with E-state index < -0.39 is 10.0 Å². The summed E-state index contributed by atoms with van der Waals surface area (Å²) >= 11 is 5.84. The summed E-state index contributed by atoms with van der Waals surface area (Å²) in [5, 5.41) is 3.10. The van der Waals surface area contributed by atoms with Crippen molar-refractivity contribution in [1.82, 2.24) is 14.9 Å². The Hall–Kier alpha value is -2.42. The van der Waals surface area contributed by atoms with Gasteiger partial charge in [0, 0.05) is 36.8 Å². The van der Waals surface area contributed by atoms with E-state index >= 15 is 0 Å². The van der Waals surface area contributed by atoms with Crippen LogP contribution in [-0.4, -0.2) is 51.3 Å². The molecule has 1 aliphatic rings. The maximum absolute atomic E-state index is 12.7. The van der Waals surface area contributed by atoms with E-state index in [0.29, 0.717) is 30.1 Å². The monoisotopic (exact) mass is 463 g/mol. The van der Waals surface area contributed by atoms with E-state index in [0.717, 1.165) is 12.0 Å². The molecule has 31 heavy (non-hydrogen) atoms. The molecule has 0 aliphatic carbocycles. The fourth-order valence-corrected chi connectivity index (χ4v) is 4.82. The lowest BCUT2D eigenvalue weighted by molar-refractivity contribution is -0.126. The number of amides is 2. The summed E-state index contributed by atoms with van der Waals surface area (Å²) < 4.78 is 27.0. The standard InChI is InChI=1S/C22H26ClN3O4S/c1-16-7-9-17(10-8-16)22(28)26-13-3-4-18(15-26)21(27)24-11-12-25-31(29,30)20-6-2-5-19(23)14-20/h2,5-10,14,18,25H,3-4,11-13,15H2,1H3,(H,24,27). The van der Waals surface area contributed by atoms with Crippen LogP contribution in [0.15, 0.2) is 53.4 Å². The third-order valence-electron chi connectivity index (χ3n) is 5.20. The molecule has 1 unspecified atom stereocenters. The molecule has 1 heterocycles. The summed E-state index contributed by atoms with van der Waals surface area (Å²) in [6.07, 6.45) is 1.44. The number of hydrogen-bond acceptors (Lipinski definition) is 4. The summed E-state index contributed by atoms with van der Waals surface area (Å²) in [5.41, 5.74) is 1.69. The van der Waals surface area contributed by atoms with Gasteiger partial charge in [-0.3, -0.25) is 9.59 Å². The van der Waals surface area contributed by atoms with Gasteiger partial charge in [-0.2, -0.15) is 0 Å². The van der Waals surface area contributed by atoms with Gasteiger partial charge in [-0.25, -0.2) is 13.1 Å². The molecule has 0 spiro atoms. The van der Waals surface area contributed by atoms with Gasteiger partial charge >= 0.3 is 0 Å². The number of rotatable bonds is 7. The molecule has 0 aromatic heterocycles. The Bertz CT molecular complexity index is 1040. The first-order valence-corrected chi connectivity index (χ1v) is 12.0. The average Bonchev–Trinajstić information content (AvgIpc) is 2.77. The molecule has 166 valence electrons. The second kappa shape index (κ2) is 10.3. The van der Waals surface area contributed by atoms with E-state index in [2.05, 4.69) is 10.0 Å². The zero-order chi connectivity index (χ0) is 22.4. The Labute approximate surface area is 187 Å². The van der Waals surface area contributed by atoms with E-state index in [-0.39, 0.29) is 35.7 Å². The van der Waals surface area contributed by atoms with Crippen LogP contribution in [0.1, 0.15) is 28.8 Å². The third-order valence-corrected chi connectivity index (χ3v) is 6.89. The van der Waals surface area contributed by atoms with Gasteiger partial charge in [0.25, 0.3) is 5.91 Å². The van der Waals surface area contributed by atoms with Gasteiger partial charge in [0.1, 0.15) is 0 Å². The van der Waals surface area contributed by atoms with Crippen LogP contribution in [0.25, 0.3) is 0 Å². The lowest BCUT2D eigenvalue weighted by Gasteiger charge is -2.32. The first-order valence-electron chi connectivity index (χ1n) is 10.1. The van der Waals surface area contributed by atoms with Crippen molar-refractivity contribution >= 4 is 33.4 Å². The fourth-order valence-electron chi connectivity index (χ4n) is 3.49. The third kappa shape index (κ3) is 6.29. The predicted molar refractivity (Wildman–Crippen MR) is 119 cm³/mol. The van der Waals surface area contributed by atoms with Crippen molar-refractivity contribution in [2.24, 2.45) is 5.92 Å². The minimum Gasteiger partial charge on any atom is -0.354 e. The van der Waals surface area contributed by atoms with Crippen LogP contribution in [0, 0.1) is 12.8 Å². The Morgan fingerprint density at radius 2 is 1.87 bits per heavy atom. The van der Waals surface area contributed by atoms with Gasteiger partial charge < -0.3 is 10.2 Å². The number of likely N-dealkylation sites (tertiary alicyclic amines) is 1. The number of carbonyl (C=O) groups excluding carboxylic acids is 2. The number of aryl methyl sites for hydroxylation is 1. The molecule has 0 bridgehead atoms. The summed E-state index contributed by atoms with van der Waals surface area (Å²) in [7, 11) is -3.70. The molecule has 2 aromatic rings. The van der Waals surface area contributed by atoms with Crippen molar-refractivity contribution in [2.45, 2.75) is 24.7 Å². The molecule has 1 aliphatic heterocycles. The van der Waals surface area contributed by atoms with Crippen LogP contribution in [0.2, 0.25) is 5.02 Å². The van der Waals surface area contributed by atoms with E-state index in [1.54, 1.807) is 29.2 Å². The Morgan fingerprint density at radius 1 is 1.13 bits per heavy atom. The molecule has 9 heteroatoms. The number of hydrogen-bond donors (Lipinski definition) is 2. The molecular weight excluding hydrogens is 438 g/mol. The van der Waals surface area contributed by atoms with E-state index in [1.807, 2.05) is 19.1 Å². The number of halogens is 1. The predicted octanol–water partition coefficient (Wildman–Crippen LogP) is 2.60. The average molecular weight is 464 g/mol. The second-order valence-corrected chi connectivity index (χ2v) is 9.81. The van der Waals surface area contributed by atoms with E-state index in [4.69, 9.17) is 11.6 Å². The number of nitrogens with one attached hydrogen (secondary N) is 2. The maximum Gasteiger partial charge on any atom is 0.253 e. The highest BCUT2D eigenvalue weighted by molar-refractivity contribution is 7.89. The van der Waals surface area contributed by atoms with Crippen molar-refractivity contribution in [3.63, 3.8) is 0 Å². The maximum atomic E-state index is 12.7. The minimum absolute atomic E-state index is 0.0549. The van der Waals surface area contributed by atoms with Crippen molar-refractivity contribution in [3.8, 4) is 0 Å². The molecule has 1 atom stereocenters. The molecule has 1 fully saturated rings. The lowest BCUT2D eigenvalue weighted by atomic mass is 9.96. The van der Waals surface area contributed by atoms with Gasteiger partial charge in [0.15, 0.2) is 0 Å². The van der Waals surface area contributed by atoms with Crippen molar-refractivity contribution in [2.75, 3.05) is 26.2 Å². The Kier molecular flexibility index (Phi) is 7.69. The topological polar surface area (TPSA) is 95.6 Å².